The van der Waals surface area contributed by atoms with Gasteiger partial charge >= 0.3 is 5.97 Å². The van der Waals surface area contributed by atoms with Gasteiger partial charge in [0.1, 0.15) is 20.8 Å². The number of nitrogen functional groups attached to an aromatic ring is 1. The van der Waals surface area contributed by atoms with Crippen LogP contribution in [0.2, 0.25) is 0 Å². The van der Waals surface area contributed by atoms with Crippen LogP contribution in [0, 0.1) is 13.8 Å². The molecule has 0 bridgehead atoms. The van der Waals surface area contributed by atoms with Gasteiger partial charge < -0.3 is 16.2 Å². The van der Waals surface area contributed by atoms with Crippen LogP contribution >= 0.6 is 31.9 Å². The van der Waals surface area contributed by atoms with E-state index in [1.54, 1.807) is 0 Å². The molecule has 0 radical (unpaired) electrons. The number of carbonyl (C=O) groups is 2. The maximum Gasteiger partial charge on any atom is 0.314 e. The fourth-order valence-electron chi connectivity index (χ4n) is 5.90. The second kappa shape index (κ2) is 15.1. The molecule has 0 aliphatic heterocycles. The summed E-state index contributed by atoms with van der Waals surface area (Å²) in [4.78, 5) is 32.4. The van der Waals surface area contributed by atoms with Crippen LogP contribution < -0.4 is 11.1 Å². The second-order valence-electron chi connectivity index (χ2n) is 12.7. The van der Waals surface area contributed by atoms with Crippen molar-refractivity contribution < 1.29 is 14.7 Å². The number of fused-ring (bicyclic) bond motifs is 2. The first kappa shape index (κ1) is 36.7. The molecule has 4 N–H and O–H groups in total. The number of nitrogens with one attached hydrogen (secondary N) is 1. The fourth-order valence-corrected chi connectivity index (χ4v) is 7.02. The Morgan fingerprint density at radius 2 is 1.12 bits per heavy atom. The largest absolute Gasteiger partial charge is 0.481 e. The van der Waals surface area contributed by atoms with Crippen LogP contribution in [0.4, 0.5) is 11.6 Å². The van der Waals surface area contributed by atoms with Crippen LogP contribution in [0.5, 0.6) is 0 Å². The predicted octanol–water partition coefficient (Wildman–Crippen LogP) is 10.3. The molecule has 256 valence electrons. The molecule has 7 nitrogen and oxygen atoms in total. The number of pyridine rings is 2. The van der Waals surface area contributed by atoms with E-state index in [1.807, 2.05) is 91.9 Å². The van der Waals surface area contributed by atoms with E-state index in [-0.39, 0.29) is 13.3 Å². The van der Waals surface area contributed by atoms with Crippen LogP contribution in [0.3, 0.4) is 0 Å². The lowest BCUT2D eigenvalue weighted by Crippen LogP contribution is -2.28. The Balaban J connectivity index is 0.000000158. The van der Waals surface area contributed by atoms with E-state index < -0.39 is 16.8 Å². The smallest absolute Gasteiger partial charge is 0.314 e. The van der Waals surface area contributed by atoms with Gasteiger partial charge in [-0.3, -0.25) is 9.59 Å². The van der Waals surface area contributed by atoms with Gasteiger partial charge in [-0.1, -0.05) is 116 Å². The Kier molecular flexibility index (Phi) is 11.1. The molecule has 2 aromatic heterocycles. The molecule has 2 aliphatic carbocycles. The van der Waals surface area contributed by atoms with E-state index in [4.69, 9.17) is 10.8 Å². The number of aliphatic carboxylic acids is 1. The number of benzene rings is 4. The van der Waals surface area contributed by atoms with Gasteiger partial charge in [0.2, 0.25) is 5.91 Å². The number of hydrogen-bond donors (Lipinski definition) is 3. The Labute approximate surface area is 309 Å². The summed E-state index contributed by atoms with van der Waals surface area (Å²) >= 11 is 6.85. The monoisotopic (exact) mass is 794 g/mol. The van der Waals surface area contributed by atoms with Crippen molar-refractivity contribution in [2.75, 3.05) is 11.1 Å². The summed E-state index contributed by atoms with van der Waals surface area (Å²) in [5.41, 5.74) is 9.05. The summed E-state index contributed by atoms with van der Waals surface area (Å²) in [5, 5.41) is 16.3. The molecule has 0 spiro atoms. The summed E-state index contributed by atoms with van der Waals surface area (Å²) in [6.07, 6.45) is 3.34. The average Bonchev–Trinajstić information content (AvgIpc) is 4.02. The average molecular weight is 797 g/mol. The fraction of sp³-hybridized carbons (Fsp3) is 0.220. The lowest BCUT2D eigenvalue weighted by atomic mass is 9.94. The number of rotatable bonds is 5. The maximum atomic E-state index is 12.9. The zero-order valence-electron chi connectivity index (χ0n) is 27.2. The second-order valence-corrected chi connectivity index (χ2v) is 14.2. The highest BCUT2D eigenvalue weighted by Gasteiger charge is 2.52. The highest BCUT2D eigenvalue weighted by molar-refractivity contribution is 9.10. The third-order valence-electron chi connectivity index (χ3n) is 9.20. The number of carboxylic acids is 1. The SMILES string of the molecule is C.Cc1ccc(C2(C(=O)Nc3cc4ccccc4c(Br)n3)CC2)cc1.Cc1ccc(C2(C(=O)O)CC2)cc1.Nc1cc2ccccc2c(Br)n1. The van der Waals surface area contributed by atoms with Crippen LogP contribution in [0.15, 0.2) is 118 Å². The zero-order valence-corrected chi connectivity index (χ0v) is 30.4. The van der Waals surface area contributed by atoms with Crippen LogP contribution in [-0.4, -0.2) is 27.0 Å². The molecule has 0 saturated heterocycles. The van der Waals surface area contributed by atoms with E-state index in [1.165, 1.54) is 11.1 Å². The normalized spacial score (nSPS) is 14.6. The van der Waals surface area contributed by atoms with Crippen molar-refractivity contribution in [1.82, 2.24) is 9.97 Å². The number of nitrogens with two attached hydrogens (primary N) is 1. The molecule has 2 heterocycles. The Hall–Kier alpha value is -4.60. The van der Waals surface area contributed by atoms with Gasteiger partial charge in [0.05, 0.1) is 10.8 Å². The predicted molar refractivity (Wildman–Crippen MR) is 210 cm³/mol. The quantitative estimate of drug-likeness (QED) is 0.150. The van der Waals surface area contributed by atoms with Crippen molar-refractivity contribution in [3.05, 3.63) is 141 Å². The number of carboxylic acid groups (broad SMARTS) is 1. The van der Waals surface area contributed by atoms with Gasteiger partial charge in [0.15, 0.2) is 0 Å². The molecule has 9 heteroatoms. The minimum atomic E-state index is -0.684. The summed E-state index contributed by atoms with van der Waals surface area (Å²) in [5.74, 6) is 0.474. The van der Waals surface area contributed by atoms with Crippen molar-refractivity contribution in [1.29, 1.82) is 0 Å². The first-order valence-corrected chi connectivity index (χ1v) is 17.6. The van der Waals surface area contributed by atoms with E-state index in [2.05, 4.69) is 78.3 Å². The molecule has 50 heavy (non-hydrogen) atoms. The molecule has 8 rings (SSSR count). The number of hydrogen-bond acceptors (Lipinski definition) is 5. The summed E-state index contributed by atoms with van der Waals surface area (Å²) in [6, 6.07) is 35.8. The van der Waals surface area contributed by atoms with Crippen molar-refractivity contribution >= 4 is 76.9 Å². The lowest BCUT2D eigenvalue weighted by Gasteiger charge is -2.16. The maximum absolute atomic E-state index is 12.9. The summed E-state index contributed by atoms with van der Waals surface area (Å²) < 4.78 is 1.55. The lowest BCUT2D eigenvalue weighted by molar-refractivity contribution is -0.140. The number of aryl methyl sites for hydroxylation is 2. The zero-order chi connectivity index (χ0) is 34.8. The molecule has 2 aliphatic rings. The Morgan fingerprint density at radius 1 is 0.680 bits per heavy atom. The van der Waals surface area contributed by atoms with Crippen LogP contribution in [0.25, 0.3) is 21.5 Å². The van der Waals surface area contributed by atoms with Crippen molar-refractivity contribution in [3.63, 3.8) is 0 Å². The van der Waals surface area contributed by atoms with Crippen LogP contribution in [-0.2, 0) is 20.4 Å². The van der Waals surface area contributed by atoms with Crippen LogP contribution in [0.1, 0.15) is 55.4 Å². The van der Waals surface area contributed by atoms with Crippen molar-refractivity contribution in [3.8, 4) is 0 Å². The van der Waals surface area contributed by atoms with Crippen molar-refractivity contribution in [2.24, 2.45) is 0 Å². The van der Waals surface area contributed by atoms with Gasteiger partial charge in [-0.15, -0.1) is 0 Å². The van der Waals surface area contributed by atoms with E-state index in [0.717, 1.165) is 67.6 Å². The summed E-state index contributed by atoms with van der Waals surface area (Å²) in [7, 11) is 0. The minimum absolute atomic E-state index is 0. The third kappa shape index (κ3) is 7.90. The van der Waals surface area contributed by atoms with E-state index in [9.17, 15) is 9.59 Å². The molecular formula is C41H40Br2N4O3. The van der Waals surface area contributed by atoms with E-state index in [0.29, 0.717) is 11.6 Å². The van der Waals surface area contributed by atoms with Crippen molar-refractivity contribution in [2.45, 2.75) is 57.8 Å². The molecule has 0 unspecified atom stereocenters. The summed E-state index contributed by atoms with van der Waals surface area (Å²) in [6.45, 7) is 4.06. The molecule has 2 fully saturated rings. The third-order valence-corrected chi connectivity index (χ3v) is 10.4. The Morgan fingerprint density at radius 3 is 1.60 bits per heavy atom. The molecule has 4 aromatic carbocycles. The Bertz CT molecular complexity index is 2160. The molecule has 6 aromatic rings. The van der Waals surface area contributed by atoms with Gasteiger partial charge in [-0.05, 0) is 105 Å². The number of nitrogens with zero attached hydrogens (tertiary/aromatic N) is 2. The van der Waals surface area contributed by atoms with E-state index >= 15 is 0 Å². The number of aromatic nitrogens is 2. The van der Waals surface area contributed by atoms with Gasteiger partial charge in [0.25, 0.3) is 0 Å². The van der Waals surface area contributed by atoms with Gasteiger partial charge in [-0.2, -0.15) is 0 Å². The molecule has 1 amide bonds. The van der Waals surface area contributed by atoms with Gasteiger partial charge in [-0.25, -0.2) is 9.97 Å². The number of amides is 1. The molecular weight excluding hydrogens is 756 g/mol. The molecule has 0 atom stereocenters. The number of anilines is 2. The molecule has 2 saturated carbocycles. The number of carbonyl (C=O) groups excluding carboxylic acids is 1. The first-order valence-electron chi connectivity index (χ1n) is 16.1. The highest BCUT2D eigenvalue weighted by atomic mass is 79.9. The number of halogens is 2. The minimum Gasteiger partial charge on any atom is -0.481 e. The topological polar surface area (TPSA) is 118 Å². The standard InChI is InChI=1S/C20H17BrN2O.C11H12O2.C9H7BrN2.CH4/c1-13-6-8-15(9-7-13)20(10-11-20)19(24)23-17-12-14-4-2-3-5-16(14)18(21)22-17;1-8-2-4-9(5-3-8)11(6-7-11)10(12)13;10-9-7-4-2-1-3-6(7)5-8(11)12-9;/h2-9,12H,10-11H2,1H3,(H,22,23,24);2-5H,6-7H2,1H3,(H,12,13);1-5H,(H2,11,12);1H4. The highest BCUT2D eigenvalue weighted by Crippen LogP contribution is 2.49. The van der Waals surface area contributed by atoms with Gasteiger partial charge in [0, 0.05) is 10.8 Å². The first-order chi connectivity index (χ1) is 23.5.